The van der Waals surface area contributed by atoms with Crippen molar-refractivity contribution in [2.45, 2.75) is 13.0 Å². The number of thiocarbonyl (C=S) groups is 1. The fourth-order valence-corrected chi connectivity index (χ4v) is 3.25. The number of carbonyl (C=O) groups is 3. The highest BCUT2D eigenvalue weighted by atomic mass is 32.1. The van der Waals surface area contributed by atoms with Crippen LogP contribution in [0.15, 0.2) is 36.0 Å². The minimum Gasteiger partial charge on any atom is -0.385 e. The average Bonchev–Trinajstić information content (AvgIpc) is 3.04. The Morgan fingerprint density at radius 1 is 1.31 bits per heavy atom. The summed E-state index contributed by atoms with van der Waals surface area (Å²) < 4.78 is 6.77. The molecule has 0 unspecified atom stereocenters. The van der Waals surface area contributed by atoms with Gasteiger partial charge in [-0.3, -0.25) is 24.6 Å². The van der Waals surface area contributed by atoms with Gasteiger partial charge in [-0.05, 0) is 30.8 Å². The van der Waals surface area contributed by atoms with Crippen molar-refractivity contribution in [1.29, 1.82) is 0 Å². The Morgan fingerprint density at radius 3 is 2.83 bits per heavy atom. The maximum absolute atomic E-state index is 12.5. The number of aromatic nitrogens is 1. The number of methoxy groups -OCH3 is 1. The minimum atomic E-state index is -0.536. The molecule has 0 spiro atoms. The van der Waals surface area contributed by atoms with Crippen molar-refractivity contribution in [3.8, 4) is 0 Å². The van der Waals surface area contributed by atoms with Crippen LogP contribution in [0, 0.1) is 0 Å². The maximum Gasteiger partial charge on any atom is 0.265 e. The van der Waals surface area contributed by atoms with Gasteiger partial charge < -0.3 is 14.6 Å². The number of hydrogen-bond donors (Lipinski definition) is 2. The number of benzene rings is 1. The second-order valence-electron chi connectivity index (χ2n) is 6.61. The molecule has 1 fully saturated rings. The number of fused-ring (bicyclic) bond motifs is 1. The smallest absolute Gasteiger partial charge is 0.265 e. The van der Waals surface area contributed by atoms with Gasteiger partial charge in [-0.1, -0.05) is 18.2 Å². The first-order valence-corrected chi connectivity index (χ1v) is 9.51. The predicted octanol–water partition coefficient (Wildman–Crippen LogP) is 1.05. The van der Waals surface area contributed by atoms with Crippen LogP contribution in [-0.2, 0) is 25.7 Å². The van der Waals surface area contributed by atoms with E-state index in [2.05, 4.69) is 10.6 Å². The van der Waals surface area contributed by atoms with Gasteiger partial charge in [0.1, 0.15) is 12.1 Å². The molecular weight excluding hydrogens is 392 g/mol. The predicted molar refractivity (Wildman–Crippen MR) is 113 cm³/mol. The third-order valence-electron chi connectivity index (χ3n) is 4.59. The molecule has 1 aromatic heterocycles. The van der Waals surface area contributed by atoms with Crippen LogP contribution in [0.25, 0.3) is 17.0 Å². The highest BCUT2D eigenvalue weighted by Crippen LogP contribution is 2.24. The van der Waals surface area contributed by atoms with Crippen molar-refractivity contribution in [3.63, 3.8) is 0 Å². The third-order valence-corrected chi connectivity index (χ3v) is 4.96. The van der Waals surface area contributed by atoms with Crippen LogP contribution in [0.5, 0.6) is 0 Å². The number of amides is 3. The molecule has 9 heteroatoms. The minimum absolute atomic E-state index is 0.00646. The first-order valence-electron chi connectivity index (χ1n) is 9.11. The lowest BCUT2D eigenvalue weighted by Gasteiger charge is -2.24. The van der Waals surface area contributed by atoms with Crippen molar-refractivity contribution in [2.75, 3.05) is 27.3 Å². The number of likely N-dealkylation sites (N-methyl/N-ethyl adjacent to an activating group) is 1. The Bertz CT molecular complexity index is 1010. The van der Waals surface area contributed by atoms with Gasteiger partial charge in [0.2, 0.25) is 5.91 Å². The second-order valence-corrected chi connectivity index (χ2v) is 6.99. The molecule has 3 amide bonds. The average molecular weight is 414 g/mol. The fourth-order valence-electron chi connectivity index (χ4n) is 3.08. The van der Waals surface area contributed by atoms with Crippen molar-refractivity contribution >= 4 is 52.0 Å². The van der Waals surface area contributed by atoms with Crippen molar-refractivity contribution < 1.29 is 19.1 Å². The summed E-state index contributed by atoms with van der Waals surface area (Å²) in [6, 6.07) is 7.51. The molecule has 29 heavy (non-hydrogen) atoms. The van der Waals surface area contributed by atoms with Gasteiger partial charge in [0.15, 0.2) is 5.11 Å². The SMILES string of the molecule is COCCCNC(=O)Cn1cc(/C=C2/C(=O)NC(=S)N(C)C2=O)c2ccccc21. The van der Waals surface area contributed by atoms with Gasteiger partial charge in [-0.15, -0.1) is 0 Å². The molecular formula is C20H22N4O4S. The number of para-hydroxylation sites is 1. The van der Waals surface area contributed by atoms with Gasteiger partial charge >= 0.3 is 0 Å². The lowest BCUT2D eigenvalue weighted by molar-refractivity contribution is -0.128. The first kappa shape index (κ1) is 20.7. The molecule has 1 aliphatic heterocycles. The van der Waals surface area contributed by atoms with Gasteiger partial charge in [-0.2, -0.15) is 0 Å². The summed E-state index contributed by atoms with van der Waals surface area (Å²) >= 11 is 4.97. The van der Waals surface area contributed by atoms with Crippen LogP contribution < -0.4 is 10.6 Å². The lowest BCUT2D eigenvalue weighted by Crippen LogP contribution is -2.52. The zero-order chi connectivity index (χ0) is 21.0. The monoisotopic (exact) mass is 414 g/mol. The fraction of sp³-hybridized carbons (Fsp3) is 0.300. The zero-order valence-corrected chi connectivity index (χ0v) is 17.0. The van der Waals surface area contributed by atoms with Gasteiger partial charge in [0.05, 0.1) is 0 Å². The van der Waals surface area contributed by atoms with E-state index in [1.807, 2.05) is 24.3 Å². The van der Waals surface area contributed by atoms with E-state index in [1.165, 1.54) is 18.0 Å². The molecule has 1 aromatic carbocycles. The highest BCUT2D eigenvalue weighted by molar-refractivity contribution is 7.80. The van der Waals surface area contributed by atoms with E-state index in [4.69, 9.17) is 17.0 Å². The van der Waals surface area contributed by atoms with Crippen molar-refractivity contribution in [3.05, 3.63) is 41.6 Å². The number of ether oxygens (including phenoxy) is 1. The largest absolute Gasteiger partial charge is 0.385 e. The van der Waals surface area contributed by atoms with E-state index in [0.29, 0.717) is 18.7 Å². The highest BCUT2D eigenvalue weighted by Gasteiger charge is 2.31. The van der Waals surface area contributed by atoms with E-state index < -0.39 is 11.8 Å². The molecule has 0 aliphatic carbocycles. The second kappa shape index (κ2) is 8.97. The molecule has 0 radical (unpaired) electrons. The summed E-state index contributed by atoms with van der Waals surface area (Å²) in [4.78, 5) is 38.2. The summed E-state index contributed by atoms with van der Waals surface area (Å²) in [6.45, 7) is 1.24. The van der Waals surface area contributed by atoms with Crippen LogP contribution in [-0.4, -0.2) is 59.6 Å². The number of rotatable bonds is 7. The first-order chi connectivity index (χ1) is 13.9. The lowest BCUT2D eigenvalue weighted by atomic mass is 10.1. The van der Waals surface area contributed by atoms with E-state index in [1.54, 1.807) is 17.9 Å². The van der Waals surface area contributed by atoms with E-state index in [-0.39, 0.29) is 23.1 Å². The molecule has 3 rings (SSSR count). The molecule has 8 nitrogen and oxygen atoms in total. The standard InChI is InChI=1S/C20H22N4O4S/c1-23-19(27)15(18(26)22-20(23)29)10-13-11-24(16-7-4-3-6-14(13)16)12-17(25)21-8-5-9-28-2/h3-4,6-7,10-11H,5,8-9,12H2,1-2H3,(H,21,25)(H,22,26,29)/b15-10-. The molecule has 1 saturated heterocycles. The quantitative estimate of drug-likeness (QED) is 0.306. The summed E-state index contributed by atoms with van der Waals surface area (Å²) in [5, 5.41) is 6.26. The Kier molecular flexibility index (Phi) is 6.40. The van der Waals surface area contributed by atoms with Crippen molar-refractivity contribution in [2.24, 2.45) is 0 Å². The molecule has 0 saturated carbocycles. The summed E-state index contributed by atoms with van der Waals surface area (Å²) in [6.07, 6.45) is 4.03. The van der Waals surface area contributed by atoms with E-state index >= 15 is 0 Å². The molecule has 152 valence electrons. The number of nitrogens with zero attached hydrogens (tertiary/aromatic N) is 2. The van der Waals surface area contributed by atoms with Crippen molar-refractivity contribution in [1.82, 2.24) is 20.1 Å². The van der Waals surface area contributed by atoms with E-state index in [9.17, 15) is 14.4 Å². The summed E-state index contributed by atoms with van der Waals surface area (Å²) in [7, 11) is 3.13. The maximum atomic E-state index is 12.5. The Labute approximate surface area is 173 Å². The topological polar surface area (TPSA) is 92.7 Å². The number of hydrogen-bond acceptors (Lipinski definition) is 5. The summed E-state index contributed by atoms with van der Waals surface area (Å²) in [5.41, 5.74) is 1.50. The molecule has 2 aromatic rings. The number of nitrogens with one attached hydrogen (secondary N) is 2. The Balaban J connectivity index is 1.88. The van der Waals surface area contributed by atoms with Crippen LogP contribution >= 0.6 is 12.2 Å². The van der Waals surface area contributed by atoms with Gasteiger partial charge in [0, 0.05) is 50.0 Å². The van der Waals surface area contributed by atoms with E-state index in [0.717, 1.165) is 17.3 Å². The Morgan fingerprint density at radius 2 is 2.07 bits per heavy atom. The molecule has 2 N–H and O–H groups in total. The van der Waals surface area contributed by atoms with Gasteiger partial charge in [0.25, 0.3) is 11.8 Å². The van der Waals surface area contributed by atoms with Crippen LogP contribution in [0.2, 0.25) is 0 Å². The van der Waals surface area contributed by atoms with Crippen LogP contribution in [0.3, 0.4) is 0 Å². The molecule has 1 aliphatic rings. The normalized spacial score (nSPS) is 15.9. The van der Waals surface area contributed by atoms with Gasteiger partial charge in [-0.25, -0.2) is 0 Å². The molecule has 0 bridgehead atoms. The third kappa shape index (κ3) is 4.52. The molecule has 0 atom stereocenters. The zero-order valence-electron chi connectivity index (χ0n) is 16.2. The summed E-state index contributed by atoms with van der Waals surface area (Å²) in [5.74, 6) is -1.13. The molecule has 2 heterocycles. The van der Waals surface area contributed by atoms with Crippen LogP contribution in [0.1, 0.15) is 12.0 Å². The van der Waals surface area contributed by atoms with Crippen LogP contribution in [0.4, 0.5) is 0 Å². The Hall–Kier alpha value is -3.04. The number of carbonyl (C=O) groups excluding carboxylic acids is 3.